The summed E-state index contributed by atoms with van der Waals surface area (Å²) in [5.41, 5.74) is 0.731. The zero-order valence-corrected chi connectivity index (χ0v) is 12.5. The first kappa shape index (κ1) is 15.4. The zero-order valence-electron chi connectivity index (χ0n) is 12.5. The molecule has 0 unspecified atom stereocenters. The molecule has 1 heterocycles. The van der Waals surface area contributed by atoms with Crippen LogP contribution in [0, 0.1) is 0 Å². The van der Waals surface area contributed by atoms with Gasteiger partial charge in [0.2, 0.25) is 12.7 Å². The van der Waals surface area contributed by atoms with Crippen molar-refractivity contribution in [2.24, 2.45) is 0 Å². The van der Waals surface area contributed by atoms with E-state index in [1.165, 1.54) is 0 Å². The Labute approximate surface area is 124 Å². The van der Waals surface area contributed by atoms with Crippen molar-refractivity contribution in [3.8, 4) is 17.2 Å². The fraction of sp³-hybridized carbons (Fsp3) is 0.533. The molecule has 0 fully saturated rings. The molecule has 0 saturated heterocycles. The molecule has 0 radical (unpaired) electrons. The molecule has 1 aromatic rings. The van der Waals surface area contributed by atoms with E-state index in [0.717, 1.165) is 18.7 Å². The van der Waals surface area contributed by atoms with E-state index in [9.17, 15) is 9.90 Å². The number of aromatic hydroxyl groups is 1. The number of phenolic OH excluding ortho intramolecular Hbond substituents is 1. The minimum atomic E-state index is 0.141. The summed E-state index contributed by atoms with van der Waals surface area (Å²) in [6.07, 6.45) is 0.451. The normalized spacial score (nSPS) is 12.5. The lowest BCUT2D eigenvalue weighted by Gasteiger charge is -2.18. The molecule has 1 aliphatic rings. The van der Waals surface area contributed by atoms with Gasteiger partial charge < -0.3 is 24.8 Å². The maximum absolute atomic E-state index is 11.8. The Kier molecular flexibility index (Phi) is 5.27. The monoisotopic (exact) mass is 294 g/mol. The molecule has 0 atom stereocenters. The molecule has 6 nitrogen and oxygen atoms in total. The first-order chi connectivity index (χ1) is 10.2. The van der Waals surface area contributed by atoms with Gasteiger partial charge in [-0.2, -0.15) is 0 Å². The van der Waals surface area contributed by atoms with Gasteiger partial charge in [0.25, 0.3) is 0 Å². The molecule has 2 N–H and O–H groups in total. The van der Waals surface area contributed by atoms with Crippen LogP contribution in [-0.2, 0) is 11.3 Å². The minimum Gasteiger partial charge on any atom is -0.507 e. The Bertz CT molecular complexity index is 501. The van der Waals surface area contributed by atoms with Gasteiger partial charge >= 0.3 is 0 Å². The van der Waals surface area contributed by atoms with E-state index in [-0.39, 0.29) is 18.4 Å². The van der Waals surface area contributed by atoms with E-state index >= 15 is 0 Å². The topological polar surface area (TPSA) is 71.0 Å². The third-order valence-corrected chi connectivity index (χ3v) is 3.52. The predicted molar refractivity (Wildman–Crippen MR) is 78.5 cm³/mol. The third kappa shape index (κ3) is 3.78. The van der Waals surface area contributed by atoms with Crippen LogP contribution in [0.4, 0.5) is 0 Å². The Hall–Kier alpha value is -1.95. The summed E-state index contributed by atoms with van der Waals surface area (Å²) >= 11 is 0. The molecule has 1 amide bonds. The van der Waals surface area contributed by atoms with Crippen molar-refractivity contribution in [3.05, 3.63) is 17.7 Å². The molecule has 1 aliphatic heterocycles. The maximum Gasteiger partial charge on any atom is 0.231 e. The summed E-state index contributed by atoms with van der Waals surface area (Å²) in [6, 6.07) is 3.32. The van der Waals surface area contributed by atoms with Crippen molar-refractivity contribution >= 4 is 5.91 Å². The highest BCUT2D eigenvalue weighted by Crippen LogP contribution is 2.37. The summed E-state index contributed by atoms with van der Waals surface area (Å²) in [5.74, 6) is 1.51. The van der Waals surface area contributed by atoms with Crippen LogP contribution in [0.15, 0.2) is 12.1 Å². The van der Waals surface area contributed by atoms with Crippen LogP contribution >= 0.6 is 0 Å². The highest BCUT2D eigenvalue weighted by molar-refractivity contribution is 5.76. The summed E-state index contributed by atoms with van der Waals surface area (Å²) in [5, 5.41) is 13.1. The van der Waals surface area contributed by atoms with E-state index in [2.05, 4.69) is 5.32 Å². The van der Waals surface area contributed by atoms with Gasteiger partial charge in [-0.05, 0) is 19.9 Å². The summed E-state index contributed by atoms with van der Waals surface area (Å²) < 4.78 is 10.5. The lowest BCUT2D eigenvalue weighted by molar-refractivity contribution is -0.130. The van der Waals surface area contributed by atoms with E-state index in [4.69, 9.17) is 9.47 Å². The zero-order chi connectivity index (χ0) is 15.2. The van der Waals surface area contributed by atoms with E-state index in [0.29, 0.717) is 31.0 Å². The number of carbonyl (C=O) groups is 1. The second-order valence-corrected chi connectivity index (χ2v) is 4.83. The molecule has 1 aromatic carbocycles. The van der Waals surface area contributed by atoms with Crippen molar-refractivity contribution in [3.63, 3.8) is 0 Å². The van der Waals surface area contributed by atoms with Gasteiger partial charge in [0.1, 0.15) is 5.75 Å². The molecular weight excluding hydrogens is 272 g/mol. The highest BCUT2D eigenvalue weighted by atomic mass is 16.7. The van der Waals surface area contributed by atoms with Crippen molar-refractivity contribution in [1.29, 1.82) is 0 Å². The molecule has 0 aliphatic carbocycles. The third-order valence-electron chi connectivity index (χ3n) is 3.52. The summed E-state index contributed by atoms with van der Waals surface area (Å²) in [4.78, 5) is 13.6. The van der Waals surface area contributed by atoms with Gasteiger partial charge in [-0.25, -0.2) is 0 Å². The second kappa shape index (κ2) is 7.17. The Morgan fingerprint density at radius 1 is 1.29 bits per heavy atom. The Morgan fingerprint density at radius 3 is 2.62 bits per heavy atom. The van der Waals surface area contributed by atoms with Crippen molar-refractivity contribution < 1.29 is 19.4 Å². The van der Waals surface area contributed by atoms with Crippen LogP contribution in [0.25, 0.3) is 0 Å². The number of hydrogen-bond donors (Lipinski definition) is 2. The molecule has 0 saturated carbocycles. The Balaban J connectivity index is 1.80. The summed E-state index contributed by atoms with van der Waals surface area (Å²) in [6.45, 7) is 6.65. The SMILES string of the molecule is CCN(CC)C(=O)CCNCc1cc2c(cc1O)OCO2. The summed E-state index contributed by atoms with van der Waals surface area (Å²) in [7, 11) is 0. The fourth-order valence-corrected chi connectivity index (χ4v) is 2.27. The van der Waals surface area contributed by atoms with Gasteiger partial charge in [-0.3, -0.25) is 4.79 Å². The van der Waals surface area contributed by atoms with Crippen LogP contribution in [0.5, 0.6) is 17.2 Å². The standard InChI is InChI=1S/C15H22N2O4/c1-3-17(4-2)15(19)5-6-16-9-11-7-13-14(8-12(11)18)21-10-20-13/h7-8,16,18H,3-6,9-10H2,1-2H3. The van der Waals surface area contributed by atoms with Crippen molar-refractivity contribution in [2.75, 3.05) is 26.4 Å². The number of hydrogen-bond acceptors (Lipinski definition) is 5. The number of carbonyl (C=O) groups excluding carboxylic acids is 1. The minimum absolute atomic E-state index is 0.141. The fourth-order valence-electron chi connectivity index (χ4n) is 2.27. The van der Waals surface area contributed by atoms with Crippen molar-refractivity contribution in [2.45, 2.75) is 26.8 Å². The van der Waals surface area contributed by atoms with Crippen LogP contribution in [0.1, 0.15) is 25.8 Å². The number of amides is 1. The average molecular weight is 294 g/mol. The van der Waals surface area contributed by atoms with Crippen LogP contribution in [-0.4, -0.2) is 42.3 Å². The first-order valence-electron chi connectivity index (χ1n) is 7.25. The van der Waals surface area contributed by atoms with E-state index in [1.54, 1.807) is 17.0 Å². The number of benzene rings is 1. The lowest BCUT2D eigenvalue weighted by Crippen LogP contribution is -2.32. The average Bonchev–Trinajstić information content (AvgIpc) is 2.91. The van der Waals surface area contributed by atoms with E-state index in [1.807, 2.05) is 13.8 Å². The second-order valence-electron chi connectivity index (χ2n) is 4.83. The number of fused-ring (bicyclic) bond motifs is 1. The molecule has 116 valence electrons. The maximum atomic E-state index is 11.8. The molecule has 0 bridgehead atoms. The lowest BCUT2D eigenvalue weighted by atomic mass is 10.1. The Morgan fingerprint density at radius 2 is 1.95 bits per heavy atom. The van der Waals surface area contributed by atoms with Crippen LogP contribution in [0.2, 0.25) is 0 Å². The van der Waals surface area contributed by atoms with Gasteiger partial charge in [0, 0.05) is 44.2 Å². The number of ether oxygens (including phenoxy) is 2. The quantitative estimate of drug-likeness (QED) is 0.745. The van der Waals surface area contributed by atoms with E-state index < -0.39 is 0 Å². The number of nitrogens with zero attached hydrogens (tertiary/aromatic N) is 1. The predicted octanol–water partition coefficient (Wildman–Crippen LogP) is 1.47. The van der Waals surface area contributed by atoms with Crippen LogP contribution < -0.4 is 14.8 Å². The number of nitrogens with one attached hydrogen (secondary N) is 1. The number of phenols is 1. The van der Waals surface area contributed by atoms with Gasteiger partial charge in [0.15, 0.2) is 11.5 Å². The largest absolute Gasteiger partial charge is 0.507 e. The van der Waals surface area contributed by atoms with Gasteiger partial charge in [-0.15, -0.1) is 0 Å². The molecule has 2 rings (SSSR count). The molecule has 0 aromatic heterocycles. The van der Waals surface area contributed by atoms with Crippen LogP contribution in [0.3, 0.4) is 0 Å². The number of rotatable bonds is 7. The molecular formula is C15H22N2O4. The molecule has 21 heavy (non-hydrogen) atoms. The van der Waals surface area contributed by atoms with Gasteiger partial charge in [-0.1, -0.05) is 0 Å². The molecule has 0 spiro atoms. The smallest absolute Gasteiger partial charge is 0.231 e. The highest BCUT2D eigenvalue weighted by Gasteiger charge is 2.16. The molecule has 6 heteroatoms. The first-order valence-corrected chi connectivity index (χ1v) is 7.25. The van der Waals surface area contributed by atoms with Crippen molar-refractivity contribution in [1.82, 2.24) is 10.2 Å². The van der Waals surface area contributed by atoms with Gasteiger partial charge in [0.05, 0.1) is 0 Å².